The van der Waals surface area contributed by atoms with Gasteiger partial charge in [0.1, 0.15) is 23.0 Å². The maximum Gasteiger partial charge on any atom is 0.260 e. The second-order valence-electron chi connectivity index (χ2n) is 17.1. The quantitative estimate of drug-likeness (QED) is 0.164. The van der Waals surface area contributed by atoms with Gasteiger partial charge in [0.15, 0.2) is 23.0 Å². The molecule has 0 aromatic heterocycles. The molecule has 0 unspecified atom stereocenters. The molecule has 12 rings (SSSR count). The Bertz CT molecular complexity index is 2760. The van der Waals surface area contributed by atoms with Gasteiger partial charge in [-0.3, -0.25) is 9.80 Å². The van der Waals surface area contributed by atoms with Crippen molar-refractivity contribution >= 4 is 57.2 Å². The number of anilines is 6. The third-order valence-electron chi connectivity index (χ3n) is 12.8. The first-order valence-corrected chi connectivity index (χ1v) is 19.9. The van der Waals surface area contributed by atoms with Crippen molar-refractivity contribution in [3.05, 3.63) is 151 Å². The van der Waals surface area contributed by atoms with Crippen LogP contribution < -0.4 is 45.1 Å². The lowest BCUT2D eigenvalue weighted by Gasteiger charge is -2.46. The predicted molar refractivity (Wildman–Crippen MR) is 229 cm³/mol. The molecular weight excluding hydrogens is 703 g/mol. The molecule has 7 heteroatoms. The highest BCUT2D eigenvalue weighted by atomic mass is 16.5. The fourth-order valence-electron chi connectivity index (χ4n) is 9.94. The van der Waals surface area contributed by atoms with Crippen LogP contribution in [0.3, 0.4) is 0 Å². The average Bonchev–Trinajstić information content (AvgIpc) is 3.23. The zero-order valence-electron chi connectivity index (χ0n) is 32.3. The van der Waals surface area contributed by atoms with Gasteiger partial charge in [0.2, 0.25) is 0 Å². The molecule has 0 N–H and O–H groups in total. The summed E-state index contributed by atoms with van der Waals surface area (Å²) in [5.41, 5.74) is 11.5. The minimum atomic E-state index is -0.161. The molecule has 0 amide bonds. The van der Waals surface area contributed by atoms with Gasteiger partial charge in [0.05, 0.1) is 34.1 Å². The van der Waals surface area contributed by atoms with E-state index in [4.69, 9.17) is 18.9 Å². The maximum absolute atomic E-state index is 7.53. The molecule has 0 saturated carbocycles. The first-order chi connectivity index (χ1) is 27.8. The van der Waals surface area contributed by atoms with E-state index in [1.807, 2.05) is 48.5 Å². The van der Waals surface area contributed by atoms with Crippen LogP contribution in [0.1, 0.15) is 51.7 Å². The molecule has 0 radical (unpaired) electrons. The minimum absolute atomic E-state index is 0.0810. The average molecular weight is 743 g/mol. The highest BCUT2D eigenvalue weighted by Crippen LogP contribution is 2.58. The molecule has 0 saturated heterocycles. The number of nitrogens with zero attached hydrogens (tertiary/aromatic N) is 2. The second kappa shape index (κ2) is 11.5. The number of para-hydroxylation sites is 10. The molecule has 7 aromatic rings. The van der Waals surface area contributed by atoms with Gasteiger partial charge in [-0.05, 0) is 107 Å². The SMILES string of the molecule is CC1(C)CCC(C)(C)c2c1cc1c3c2Oc2c(cccc2N2c4ccccc4Oc4ccccc42)B3c2cccc(N3c4ccccc4Oc4ccccc43)c2O1. The molecule has 57 heavy (non-hydrogen) atoms. The van der Waals surface area contributed by atoms with Crippen LogP contribution in [0.2, 0.25) is 0 Å². The summed E-state index contributed by atoms with van der Waals surface area (Å²) in [4.78, 5) is 4.60. The first kappa shape index (κ1) is 32.6. The van der Waals surface area contributed by atoms with Gasteiger partial charge in [-0.1, -0.05) is 100 Å². The maximum atomic E-state index is 7.53. The van der Waals surface area contributed by atoms with Gasteiger partial charge in [-0.2, -0.15) is 0 Å². The standard InChI is InChI=1S/C50H39BN2O4/c1-49(2)27-28-50(3,4)44-30(49)29-43-45-48(44)57-47-32(16-14-22-38(47)53-35-19-7-11-25-41(35)55-42-26-12-8-20-36(42)53)51(45)31-15-13-21-37(46(31)56-43)52-33-17-5-9-23-39(33)54-40-24-10-6-18-34(40)52/h5-26,29H,27-28H2,1-4H3. The normalized spacial score (nSPS) is 16.7. The van der Waals surface area contributed by atoms with Gasteiger partial charge in [0, 0.05) is 11.0 Å². The van der Waals surface area contributed by atoms with Crippen molar-refractivity contribution in [3.8, 4) is 46.0 Å². The molecule has 0 spiro atoms. The monoisotopic (exact) mass is 742 g/mol. The third kappa shape index (κ3) is 4.54. The van der Waals surface area contributed by atoms with E-state index >= 15 is 0 Å². The summed E-state index contributed by atoms with van der Waals surface area (Å²) in [6, 6.07) is 48.5. The largest absolute Gasteiger partial charge is 0.456 e. The molecule has 6 nitrogen and oxygen atoms in total. The molecule has 5 aliphatic rings. The summed E-state index contributed by atoms with van der Waals surface area (Å²) in [6.45, 7) is 9.32. The summed E-state index contributed by atoms with van der Waals surface area (Å²) in [5, 5.41) is 0. The third-order valence-corrected chi connectivity index (χ3v) is 12.8. The van der Waals surface area contributed by atoms with E-state index in [1.54, 1.807) is 0 Å². The van der Waals surface area contributed by atoms with E-state index in [1.165, 1.54) is 11.1 Å². The fourth-order valence-corrected chi connectivity index (χ4v) is 9.94. The molecular formula is C50H39BN2O4. The molecule has 276 valence electrons. The summed E-state index contributed by atoms with van der Waals surface area (Å²) in [7, 11) is 0. The van der Waals surface area contributed by atoms with Crippen LogP contribution in [0.15, 0.2) is 140 Å². The van der Waals surface area contributed by atoms with Crippen LogP contribution in [-0.2, 0) is 10.8 Å². The molecule has 0 fully saturated rings. The number of hydrogen-bond acceptors (Lipinski definition) is 6. The number of fused-ring (bicyclic) bond motifs is 10. The topological polar surface area (TPSA) is 43.4 Å². The van der Waals surface area contributed by atoms with Crippen molar-refractivity contribution in [2.75, 3.05) is 9.80 Å². The van der Waals surface area contributed by atoms with E-state index in [0.717, 1.165) is 109 Å². The van der Waals surface area contributed by atoms with Gasteiger partial charge in [0.25, 0.3) is 6.71 Å². The summed E-state index contributed by atoms with van der Waals surface area (Å²) in [6.07, 6.45) is 2.13. The van der Waals surface area contributed by atoms with Crippen molar-refractivity contribution in [1.82, 2.24) is 0 Å². The van der Waals surface area contributed by atoms with Gasteiger partial charge < -0.3 is 18.9 Å². The van der Waals surface area contributed by atoms with Crippen LogP contribution in [0, 0.1) is 0 Å². The Morgan fingerprint density at radius 2 is 0.842 bits per heavy atom. The highest BCUT2D eigenvalue weighted by molar-refractivity contribution is 6.98. The minimum Gasteiger partial charge on any atom is -0.456 e. The molecule has 0 atom stereocenters. The lowest BCUT2D eigenvalue weighted by molar-refractivity contribution is 0.318. The van der Waals surface area contributed by atoms with Crippen LogP contribution >= 0.6 is 0 Å². The number of hydrogen-bond donors (Lipinski definition) is 0. The summed E-state index contributed by atoms with van der Waals surface area (Å²) < 4.78 is 27.8. The smallest absolute Gasteiger partial charge is 0.260 e. The second-order valence-corrected chi connectivity index (χ2v) is 17.1. The van der Waals surface area contributed by atoms with E-state index in [9.17, 15) is 0 Å². The molecule has 7 aromatic carbocycles. The highest BCUT2D eigenvalue weighted by Gasteiger charge is 2.49. The van der Waals surface area contributed by atoms with Gasteiger partial charge in [-0.15, -0.1) is 0 Å². The van der Waals surface area contributed by atoms with Crippen LogP contribution in [0.25, 0.3) is 0 Å². The van der Waals surface area contributed by atoms with Crippen molar-refractivity contribution < 1.29 is 18.9 Å². The fraction of sp³-hybridized carbons (Fsp3) is 0.160. The number of rotatable bonds is 2. The zero-order valence-corrected chi connectivity index (χ0v) is 32.3. The Kier molecular flexibility index (Phi) is 6.57. The first-order valence-electron chi connectivity index (χ1n) is 19.9. The summed E-state index contributed by atoms with van der Waals surface area (Å²) in [5.74, 6) is 6.68. The van der Waals surface area contributed by atoms with Gasteiger partial charge >= 0.3 is 0 Å². The molecule has 1 aliphatic carbocycles. The Hall–Kier alpha value is -6.60. The summed E-state index contributed by atoms with van der Waals surface area (Å²) >= 11 is 0. The van der Waals surface area contributed by atoms with Crippen molar-refractivity contribution in [1.29, 1.82) is 0 Å². The van der Waals surface area contributed by atoms with Crippen LogP contribution in [0.4, 0.5) is 34.1 Å². The van der Waals surface area contributed by atoms with Crippen LogP contribution in [0.5, 0.6) is 46.0 Å². The Balaban J connectivity index is 1.15. The van der Waals surface area contributed by atoms with E-state index in [-0.39, 0.29) is 17.5 Å². The Labute approximate surface area is 332 Å². The van der Waals surface area contributed by atoms with Gasteiger partial charge in [-0.25, -0.2) is 0 Å². The zero-order chi connectivity index (χ0) is 38.2. The van der Waals surface area contributed by atoms with Crippen LogP contribution in [-0.4, -0.2) is 6.71 Å². The Morgan fingerprint density at radius 1 is 0.421 bits per heavy atom. The van der Waals surface area contributed by atoms with E-state index < -0.39 is 0 Å². The van der Waals surface area contributed by atoms with E-state index in [0.29, 0.717) is 0 Å². The number of ether oxygens (including phenoxy) is 4. The molecule has 0 bridgehead atoms. The molecule has 4 heterocycles. The predicted octanol–water partition coefficient (Wildman–Crippen LogP) is 11.9. The lowest BCUT2D eigenvalue weighted by Crippen LogP contribution is -2.58. The molecule has 4 aliphatic heterocycles. The van der Waals surface area contributed by atoms with Crippen molar-refractivity contribution in [2.45, 2.75) is 51.4 Å². The lowest BCUT2D eigenvalue weighted by atomic mass is 9.34. The van der Waals surface area contributed by atoms with E-state index in [2.05, 4.69) is 128 Å². The van der Waals surface area contributed by atoms with Crippen molar-refractivity contribution in [3.63, 3.8) is 0 Å². The van der Waals surface area contributed by atoms with Crippen molar-refractivity contribution in [2.24, 2.45) is 0 Å². The number of benzene rings is 7. The Morgan fingerprint density at radius 3 is 1.33 bits per heavy atom.